The Hall–Kier alpha value is -3.04. The van der Waals surface area contributed by atoms with Crippen LogP contribution in [-0.4, -0.2) is 38.8 Å². The fourth-order valence-electron chi connectivity index (χ4n) is 2.58. The Kier molecular flexibility index (Phi) is 6.17. The summed E-state index contributed by atoms with van der Waals surface area (Å²) < 4.78 is 14.2. The molecule has 0 fully saturated rings. The summed E-state index contributed by atoms with van der Waals surface area (Å²) in [4.78, 5) is 12.2. The zero-order chi connectivity index (χ0) is 20.1. The van der Waals surface area contributed by atoms with Crippen LogP contribution in [0.5, 0.6) is 11.6 Å². The third-order valence-corrected chi connectivity index (χ3v) is 4.16. The van der Waals surface area contributed by atoms with Gasteiger partial charge in [0, 0.05) is 43.8 Å². The molecule has 0 aliphatic heterocycles. The van der Waals surface area contributed by atoms with Gasteiger partial charge in [-0.05, 0) is 31.2 Å². The highest BCUT2D eigenvalue weighted by molar-refractivity contribution is 6.31. The number of benzene rings is 1. The molecule has 0 saturated heterocycles. The normalized spacial score (nSPS) is 10.7. The lowest BCUT2D eigenvalue weighted by Crippen LogP contribution is -2.17. The highest BCUT2D eigenvalue weighted by atomic mass is 35.5. The standard InChI is InChI=1S/C18H21ClN6O3/c1-3-25-11-14(19)17(23-25)28-18(26)22-12-4-5-16(27-9-7-20)13(10-12)15-6-8-21-24(15)2/h4-6,8,10-11H,3,7,9,20H2,1-2H3,(H,22,26). The Morgan fingerprint density at radius 1 is 1.36 bits per heavy atom. The summed E-state index contributed by atoms with van der Waals surface area (Å²) in [6, 6.07) is 7.09. The molecule has 28 heavy (non-hydrogen) atoms. The molecule has 0 unspecified atom stereocenters. The molecule has 1 amide bonds. The first-order valence-electron chi connectivity index (χ1n) is 8.69. The lowest BCUT2D eigenvalue weighted by atomic mass is 10.1. The van der Waals surface area contributed by atoms with E-state index in [4.69, 9.17) is 26.8 Å². The van der Waals surface area contributed by atoms with E-state index in [9.17, 15) is 4.79 Å². The van der Waals surface area contributed by atoms with Gasteiger partial charge in [0.1, 0.15) is 17.4 Å². The van der Waals surface area contributed by atoms with Gasteiger partial charge in [0.15, 0.2) is 0 Å². The van der Waals surface area contributed by atoms with E-state index in [-0.39, 0.29) is 10.9 Å². The molecule has 0 radical (unpaired) electrons. The topological polar surface area (TPSA) is 109 Å². The number of nitrogens with one attached hydrogen (secondary N) is 1. The number of carbonyl (C=O) groups excluding carboxylic acids is 1. The molecule has 0 saturated carbocycles. The number of aromatic nitrogens is 4. The highest BCUT2D eigenvalue weighted by Crippen LogP contribution is 2.32. The molecule has 0 aliphatic carbocycles. The highest BCUT2D eigenvalue weighted by Gasteiger charge is 2.15. The lowest BCUT2D eigenvalue weighted by molar-refractivity contribution is 0.213. The van der Waals surface area contributed by atoms with E-state index in [2.05, 4.69) is 15.5 Å². The van der Waals surface area contributed by atoms with Gasteiger partial charge in [0.25, 0.3) is 5.88 Å². The summed E-state index contributed by atoms with van der Waals surface area (Å²) in [5, 5.41) is 11.2. The molecule has 0 atom stereocenters. The quantitative estimate of drug-likeness (QED) is 0.626. The summed E-state index contributed by atoms with van der Waals surface area (Å²) >= 11 is 6.03. The second kappa shape index (κ2) is 8.77. The molecule has 1 aromatic carbocycles. The first-order valence-corrected chi connectivity index (χ1v) is 9.06. The number of amides is 1. The average Bonchev–Trinajstić information content (AvgIpc) is 3.26. The van der Waals surface area contributed by atoms with E-state index >= 15 is 0 Å². The number of hydrogen-bond donors (Lipinski definition) is 2. The van der Waals surface area contributed by atoms with E-state index < -0.39 is 6.09 Å². The van der Waals surface area contributed by atoms with Crippen molar-refractivity contribution in [3.05, 3.63) is 41.7 Å². The monoisotopic (exact) mass is 404 g/mol. The number of nitrogens with zero attached hydrogens (tertiary/aromatic N) is 4. The van der Waals surface area contributed by atoms with Crippen LogP contribution in [-0.2, 0) is 13.6 Å². The van der Waals surface area contributed by atoms with Crippen molar-refractivity contribution in [1.29, 1.82) is 0 Å². The van der Waals surface area contributed by atoms with Crippen molar-refractivity contribution in [3.63, 3.8) is 0 Å². The third kappa shape index (κ3) is 4.44. The van der Waals surface area contributed by atoms with Gasteiger partial charge in [-0.15, -0.1) is 5.10 Å². The molecule has 9 nitrogen and oxygen atoms in total. The fraction of sp³-hybridized carbons (Fsp3) is 0.278. The molecule has 0 bridgehead atoms. The lowest BCUT2D eigenvalue weighted by Gasteiger charge is -2.13. The van der Waals surface area contributed by atoms with Gasteiger partial charge in [-0.2, -0.15) is 5.10 Å². The van der Waals surface area contributed by atoms with Gasteiger partial charge in [0.05, 0.1) is 5.69 Å². The number of hydrogen-bond acceptors (Lipinski definition) is 6. The van der Waals surface area contributed by atoms with Crippen molar-refractivity contribution in [2.45, 2.75) is 13.5 Å². The molecule has 0 spiro atoms. The maximum Gasteiger partial charge on any atom is 0.418 e. The molecular formula is C18H21ClN6O3. The number of carbonyl (C=O) groups is 1. The smallest absolute Gasteiger partial charge is 0.418 e. The Morgan fingerprint density at radius 3 is 2.82 bits per heavy atom. The van der Waals surface area contributed by atoms with E-state index in [1.165, 1.54) is 0 Å². The fourth-order valence-corrected chi connectivity index (χ4v) is 2.77. The maximum absolute atomic E-state index is 12.2. The van der Waals surface area contributed by atoms with Gasteiger partial charge < -0.3 is 15.2 Å². The van der Waals surface area contributed by atoms with Gasteiger partial charge in [-0.1, -0.05) is 11.6 Å². The molecule has 148 valence electrons. The number of nitrogens with two attached hydrogens (primary N) is 1. The van der Waals surface area contributed by atoms with Crippen molar-refractivity contribution in [2.75, 3.05) is 18.5 Å². The molecule has 3 rings (SSSR count). The molecule has 10 heteroatoms. The van der Waals surface area contributed by atoms with E-state index in [0.29, 0.717) is 31.1 Å². The van der Waals surface area contributed by atoms with E-state index in [1.54, 1.807) is 40.0 Å². The van der Waals surface area contributed by atoms with Crippen LogP contribution >= 0.6 is 11.6 Å². The molecule has 0 aliphatic rings. The van der Waals surface area contributed by atoms with E-state index in [1.807, 2.05) is 20.0 Å². The number of aryl methyl sites for hydroxylation is 2. The van der Waals surface area contributed by atoms with Crippen LogP contribution in [0.2, 0.25) is 5.02 Å². The van der Waals surface area contributed by atoms with Crippen molar-refractivity contribution in [2.24, 2.45) is 12.8 Å². The Bertz CT molecular complexity index is 968. The van der Waals surface area contributed by atoms with Crippen LogP contribution in [0.25, 0.3) is 11.3 Å². The largest absolute Gasteiger partial charge is 0.492 e. The second-order valence-electron chi connectivity index (χ2n) is 5.84. The van der Waals surface area contributed by atoms with Crippen LogP contribution in [0.15, 0.2) is 36.7 Å². The molecule has 2 heterocycles. The Morgan fingerprint density at radius 2 is 2.18 bits per heavy atom. The predicted octanol–water partition coefficient (Wildman–Crippen LogP) is 2.91. The minimum Gasteiger partial charge on any atom is -0.492 e. The summed E-state index contributed by atoms with van der Waals surface area (Å²) in [5.41, 5.74) is 7.65. The zero-order valence-electron chi connectivity index (χ0n) is 15.6. The second-order valence-corrected chi connectivity index (χ2v) is 6.25. The summed E-state index contributed by atoms with van der Waals surface area (Å²) in [6.45, 7) is 3.28. The predicted molar refractivity (Wildman–Crippen MR) is 106 cm³/mol. The van der Waals surface area contributed by atoms with Gasteiger partial charge >= 0.3 is 6.09 Å². The number of rotatable bonds is 7. The average molecular weight is 405 g/mol. The van der Waals surface area contributed by atoms with Crippen LogP contribution in [0.1, 0.15) is 6.92 Å². The number of ether oxygens (including phenoxy) is 2. The minimum absolute atomic E-state index is 0.0516. The van der Waals surface area contributed by atoms with Crippen LogP contribution in [0, 0.1) is 0 Å². The van der Waals surface area contributed by atoms with Crippen LogP contribution in [0.4, 0.5) is 10.5 Å². The summed E-state index contributed by atoms with van der Waals surface area (Å²) in [5.74, 6) is 0.688. The molecule has 3 N–H and O–H groups in total. The third-order valence-electron chi connectivity index (χ3n) is 3.90. The molecule has 3 aromatic rings. The van der Waals surface area contributed by atoms with Crippen molar-refractivity contribution < 1.29 is 14.3 Å². The van der Waals surface area contributed by atoms with Crippen molar-refractivity contribution in [3.8, 4) is 22.9 Å². The van der Waals surface area contributed by atoms with Crippen molar-refractivity contribution in [1.82, 2.24) is 19.6 Å². The minimum atomic E-state index is -0.699. The molecular weight excluding hydrogens is 384 g/mol. The summed E-state index contributed by atoms with van der Waals surface area (Å²) in [7, 11) is 1.82. The zero-order valence-corrected chi connectivity index (χ0v) is 16.3. The Balaban J connectivity index is 1.81. The van der Waals surface area contributed by atoms with Crippen LogP contribution in [0.3, 0.4) is 0 Å². The van der Waals surface area contributed by atoms with Gasteiger partial charge in [-0.25, -0.2) is 4.79 Å². The van der Waals surface area contributed by atoms with Crippen molar-refractivity contribution >= 4 is 23.4 Å². The van der Waals surface area contributed by atoms with E-state index in [0.717, 1.165) is 11.3 Å². The maximum atomic E-state index is 12.2. The number of halogens is 1. The summed E-state index contributed by atoms with van der Waals surface area (Å²) in [6.07, 6.45) is 2.58. The number of anilines is 1. The first-order chi connectivity index (χ1) is 13.5. The Labute approximate surface area is 167 Å². The SMILES string of the molecule is CCn1cc(Cl)c(OC(=O)Nc2ccc(OCCN)c(-c3ccnn3C)c2)n1. The van der Waals surface area contributed by atoms with Crippen LogP contribution < -0.4 is 20.5 Å². The van der Waals surface area contributed by atoms with Gasteiger partial charge in [0.2, 0.25) is 0 Å². The van der Waals surface area contributed by atoms with Gasteiger partial charge in [-0.3, -0.25) is 14.7 Å². The first kappa shape index (κ1) is 19.7. The molecule has 2 aromatic heterocycles.